The van der Waals surface area contributed by atoms with Gasteiger partial charge in [-0.3, -0.25) is 4.79 Å². The molecular formula is C23H26FN3O2. The summed E-state index contributed by atoms with van der Waals surface area (Å²) < 4.78 is 21.5. The van der Waals surface area contributed by atoms with Crippen LogP contribution in [0.25, 0.3) is 22.7 Å². The maximum Gasteiger partial charge on any atom is 0.287 e. The Morgan fingerprint density at radius 3 is 2.66 bits per heavy atom. The van der Waals surface area contributed by atoms with E-state index >= 15 is 0 Å². The van der Waals surface area contributed by atoms with Crippen molar-refractivity contribution in [1.29, 1.82) is 0 Å². The number of nitrogens with zero attached hydrogens (tertiary/aromatic N) is 2. The van der Waals surface area contributed by atoms with Gasteiger partial charge in [-0.1, -0.05) is 19.8 Å². The summed E-state index contributed by atoms with van der Waals surface area (Å²) in [6.45, 7) is 3.98. The van der Waals surface area contributed by atoms with Gasteiger partial charge in [0.1, 0.15) is 11.5 Å². The number of hydrogen-bond donors (Lipinski definition) is 1. The van der Waals surface area contributed by atoms with Gasteiger partial charge in [0.25, 0.3) is 5.91 Å². The van der Waals surface area contributed by atoms with Crippen LogP contribution in [0.2, 0.25) is 0 Å². The Kier molecular flexibility index (Phi) is 5.51. The van der Waals surface area contributed by atoms with Crippen LogP contribution < -0.4 is 5.32 Å². The van der Waals surface area contributed by atoms with Crippen molar-refractivity contribution in [3.8, 4) is 22.7 Å². The van der Waals surface area contributed by atoms with Crippen LogP contribution in [0.15, 0.2) is 47.1 Å². The molecule has 1 atom stereocenters. The first-order valence-electron chi connectivity index (χ1n) is 10.3. The number of rotatable bonds is 6. The summed E-state index contributed by atoms with van der Waals surface area (Å²) in [4.78, 5) is 17.1. The molecule has 0 aliphatic heterocycles. The standard InChI is InChI=1S/C23H26FN3O2/c1-3-15(2)26-23(28)20-13-12-19(29-20)22-21(16-8-10-17(24)11-9-16)25-14-27(22)18-6-4-5-7-18/h8-15,18H,3-7H2,1-2H3,(H,26,28)/t15-/m1/s1. The van der Waals surface area contributed by atoms with Crippen molar-refractivity contribution in [3.63, 3.8) is 0 Å². The van der Waals surface area contributed by atoms with Crippen molar-refractivity contribution in [2.24, 2.45) is 0 Å². The molecular weight excluding hydrogens is 369 g/mol. The summed E-state index contributed by atoms with van der Waals surface area (Å²) in [6.07, 6.45) is 7.25. The summed E-state index contributed by atoms with van der Waals surface area (Å²) in [5.74, 6) is 0.376. The largest absolute Gasteiger partial charge is 0.449 e. The summed E-state index contributed by atoms with van der Waals surface area (Å²) in [6, 6.07) is 10.3. The Morgan fingerprint density at radius 2 is 1.97 bits per heavy atom. The summed E-state index contributed by atoms with van der Waals surface area (Å²) in [5, 5.41) is 2.93. The fraction of sp³-hybridized carbons (Fsp3) is 0.391. The van der Waals surface area contributed by atoms with Gasteiger partial charge in [-0.25, -0.2) is 9.37 Å². The molecule has 0 unspecified atom stereocenters. The van der Waals surface area contributed by atoms with E-state index < -0.39 is 0 Å². The van der Waals surface area contributed by atoms with Gasteiger partial charge >= 0.3 is 0 Å². The number of amides is 1. The minimum Gasteiger partial charge on any atom is -0.449 e. The average Bonchev–Trinajstić information content (AvgIpc) is 3.46. The van der Waals surface area contributed by atoms with Crippen LogP contribution >= 0.6 is 0 Å². The monoisotopic (exact) mass is 395 g/mol. The minimum absolute atomic E-state index is 0.0786. The summed E-state index contributed by atoms with van der Waals surface area (Å²) in [7, 11) is 0. The number of furan rings is 1. The van der Waals surface area contributed by atoms with Gasteiger partial charge in [0, 0.05) is 17.6 Å². The van der Waals surface area contributed by atoms with Crippen molar-refractivity contribution >= 4 is 5.91 Å². The predicted octanol–water partition coefficient (Wildman–Crippen LogP) is 5.59. The second-order valence-electron chi connectivity index (χ2n) is 7.74. The van der Waals surface area contributed by atoms with Crippen LogP contribution in [-0.4, -0.2) is 21.5 Å². The zero-order valence-electron chi connectivity index (χ0n) is 16.8. The van der Waals surface area contributed by atoms with Crippen LogP contribution in [0.4, 0.5) is 4.39 Å². The van der Waals surface area contributed by atoms with E-state index in [-0.39, 0.29) is 23.5 Å². The number of halogens is 1. The van der Waals surface area contributed by atoms with Gasteiger partial charge in [-0.2, -0.15) is 0 Å². The third kappa shape index (κ3) is 3.97. The Bertz CT molecular complexity index is 984. The van der Waals surface area contributed by atoms with Crippen LogP contribution in [0.5, 0.6) is 0 Å². The van der Waals surface area contributed by atoms with Gasteiger partial charge in [0.15, 0.2) is 11.5 Å². The molecule has 2 heterocycles. The summed E-state index contributed by atoms with van der Waals surface area (Å²) >= 11 is 0. The van der Waals surface area contributed by atoms with E-state index in [1.165, 1.54) is 25.0 Å². The van der Waals surface area contributed by atoms with Crippen molar-refractivity contribution in [3.05, 3.63) is 54.3 Å². The lowest BCUT2D eigenvalue weighted by molar-refractivity contribution is 0.0912. The molecule has 0 bridgehead atoms. The van der Waals surface area contributed by atoms with E-state index in [9.17, 15) is 9.18 Å². The van der Waals surface area contributed by atoms with E-state index in [4.69, 9.17) is 4.42 Å². The number of benzene rings is 1. The second kappa shape index (κ2) is 8.23. The predicted molar refractivity (Wildman–Crippen MR) is 110 cm³/mol. The average molecular weight is 395 g/mol. The van der Waals surface area contributed by atoms with Gasteiger partial charge in [-0.15, -0.1) is 0 Å². The molecule has 1 fully saturated rings. The number of nitrogens with one attached hydrogen (secondary N) is 1. The van der Waals surface area contributed by atoms with Gasteiger partial charge in [0.05, 0.1) is 12.0 Å². The molecule has 4 rings (SSSR count). The van der Waals surface area contributed by atoms with Crippen LogP contribution in [0, 0.1) is 5.82 Å². The molecule has 6 heteroatoms. The zero-order valence-corrected chi connectivity index (χ0v) is 16.8. The second-order valence-corrected chi connectivity index (χ2v) is 7.74. The van der Waals surface area contributed by atoms with Crippen LogP contribution in [0.3, 0.4) is 0 Å². The first-order chi connectivity index (χ1) is 14.1. The van der Waals surface area contributed by atoms with E-state index in [0.29, 0.717) is 11.8 Å². The molecule has 1 amide bonds. The lowest BCUT2D eigenvalue weighted by Gasteiger charge is -2.15. The van der Waals surface area contributed by atoms with E-state index in [2.05, 4.69) is 14.9 Å². The summed E-state index contributed by atoms with van der Waals surface area (Å²) in [5.41, 5.74) is 2.39. The quantitative estimate of drug-likeness (QED) is 0.592. The smallest absolute Gasteiger partial charge is 0.287 e. The first-order valence-corrected chi connectivity index (χ1v) is 10.3. The number of carbonyl (C=O) groups excluding carboxylic acids is 1. The fourth-order valence-electron chi connectivity index (χ4n) is 3.87. The number of aromatic nitrogens is 2. The van der Waals surface area contributed by atoms with E-state index in [0.717, 1.165) is 36.2 Å². The number of carbonyl (C=O) groups is 1. The van der Waals surface area contributed by atoms with E-state index in [1.807, 2.05) is 26.2 Å². The Morgan fingerprint density at radius 1 is 1.24 bits per heavy atom. The molecule has 1 aromatic carbocycles. The van der Waals surface area contributed by atoms with Crippen molar-refractivity contribution in [2.45, 2.75) is 58.0 Å². The maximum atomic E-state index is 13.4. The van der Waals surface area contributed by atoms with Gasteiger partial charge in [0.2, 0.25) is 0 Å². The third-order valence-electron chi connectivity index (χ3n) is 5.68. The van der Waals surface area contributed by atoms with Crippen molar-refractivity contribution in [2.75, 3.05) is 0 Å². The molecule has 1 aliphatic carbocycles. The molecule has 152 valence electrons. The highest BCUT2D eigenvalue weighted by Crippen LogP contribution is 2.39. The van der Waals surface area contributed by atoms with E-state index in [1.54, 1.807) is 18.2 Å². The van der Waals surface area contributed by atoms with Crippen molar-refractivity contribution < 1.29 is 13.6 Å². The molecule has 1 saturated carbocycles. The molecule has 0 saturated heterocycles. The molecule has 0 spiro atoms. The molecule has 0 radical (unpaired) electrons. The Balaban J connectivity index is 1.74. The van der Waals surface area contributed by atoms with Crippen LogP contribution in [-0.2, 0) is 0 Å². The molecule has 1 aliphatic rings. The maximum absolute atomic E-state index is 13.4. The van der Waals surface area contributed by atoms with Crippen molar-refractivity contribution in [1.82, 2.24) is 14.9 Å². The number of imidazole rings is 1. The van der Waals surface area contributed by atoms with Crippen LogP contribution in [0.1, 0.15) is 62.5 Å². The Labute approximate surface area is 169 Å². The third-order valence-corrected chi connectivity index (χ3v) is 5.68. The normalized spacial score (nSPS) is 15.6. The molecule has 29 heavy (non-hydrogen) atoms. The SMILES string of the molecule is CC[C@@H](C)NC(=O)c1ccc(-c2c(-c3ccc(F)cc3)ncn2C2CCCC2)o1. The first kappa shape index (κ1) is 19.4. The highest BCUT2D eigenvalue weighted by Gasteiger charge is 2.26. The lowest BCUT2D eigenvalue weighted by atomic mass is 10.1. The molecule has 1 N–H and O–H groups in total. The van der Waals surface area contributed by atoms with Gasteiger partial charge < -0.3 is 14.3 Å². The highest BCUT2D eigenvalue weighted by molar-refractivity contribution is 5.92. The lowest BCUT2D eigenvalue weighted by Crippen LogP contribution is -2.31. The highest BCUT2D eigenvalue weighted by atomic mass is 19.1. The zero-order chi connectivity index (χ0) is 20.4. The van der Waals surface area contributed by atoms with Gasteiger partial charge in [-0.05, 0) is 62.6 Å². The Hall–Kier alpha value is -2.89. The minimum atomic E-state index is -0.285. The molecule has 3 aromatic rings. The topological polar surface area (TPSA) is 60.1 Å². The number of hydrogen-bond acceptors (Lipinski definition) is 3. The molecule has 2 aromatic heterocycles. The fourth-order valence-corrected chi connectivity index (χ4v) is 3.87. The molecule has 5 nitrogen and oxygen atoms in total.